The number of hydrogen-bond acceptors (Lipinski definition) is 5. The Morgan fingerprint density at radius 3 is 2.40 bits per heavy atom. The van der Waals surface area contributed by atoms with Crippen molar-refractivity contribution in [2.75, 3.05) is 17.4 Å². The molecule has 1 aliphatic rings. The van der Waals surface area contributed by atoms with Gasteiger partial charge in [0.1, 0.15) is 0 Å². The van der Waals surface area contributed by atoms with E-state index in [1.807, 2.05) is 31.2 Å². The van der Waals surface area contributed by atoms with E-state index < -0.39 is 19.7 Å². The first-order valence-electron chi connectivity index (χ1n) is 9.38. The van der Waals surface area contributed by atoms with Crippen LogP contribution in [0.15, 0.2) is 59.5 Å². The minimum atomic E-state index is -3.56. The molecule has 0 aromatic heterocycles. The van der Waals surface area contributed by atoms with Gasteiger partial charge in [0.25, 0.3) is 10.9 Å². The van der Waals surface area contributed by atoms with Crippen LogP contribution in [0.3, 0.4) is 0 Å². The van der Waals surface area contributed by atoms with Gasteiger partial charge in [-0.3, -0.25) is 4.99 Å². The summed E-state index contributed by atoms with van der Waals surface area (Å²) in [6.45, 7) is 1.96. The largest absolute Gasteiger partial charge is 0.339 e. The molecule has 1 atom stereocenters. The van der Waals surface area contributed by atoms with Gasteiger partial charge in [-0.15, -0.1) is 0 Å². The van der Waals surface area contributed by atoms with E-state index >= 15 is 0 Å². The molecule has 2 aromatic carbocycles. The molecule has 7 nitrogen and oxygen atoms in total. The minimum Gasteiger partial charge on any atom is -0.339 e. The molecule has 10 heteroatoms. The second-order valence-electron chi connectivity index (χ2n) is 7.19. The van der Waals surface area contributed by atoms with Crippen LogP contribution >= 0.6 is 12.2 Å². The number of aryl methyl sites for hydroxylation is 1. The first-order chi connectivity index (χ1) is 14.1. The Morgan fingerprint density at radius 1 is 1.13 bits per heavy atom. The van der Waals surface area contributed by atoms with Crippen LogP contribution in [0.1, 0.15) is 17.5 Å². The van der Waals surface area contributed by atoms with Crippen molar-refractivity contribution in [3.05, 3.63) is 65.7 Å². The molecule has 30 heavy (non-hydrogen) atoms. The van der Waals surface area contributed by atoms with Gasteiger partial charge in [0.15, 0.2) is 15.7 Å². The third-order valence-corrected chi connectivity index (χ3v) is 8.19. The summed E-state index contributed by atoms with van der Waals surface area (Å²) < 4.78 is 48.6. The van der Waals surface area contributed by atoms with Gasteiger partial charge in [-0.25, -0.2) is 22.2 Å². The van der Waals surface area contributed by atoms with Crippen molar-refractivity contribution in [3.8, 4) is 0 Å². The van der Waals surface area contributed by atoms with Crippen LogP contribution < -0.4 is 15.6 Å². The number of benzene rings is 2. The number of hydrogen-bond donors (Lipinski definition) is 3. The molecule has 0 saturated carbocycles. The van der Waals surface area contributed by atoms with Gasteiger partial charge in [-0.2, -0.15) is 0 Å². The molecule has 0 spiro atoms. The lowest BCUT2D eigenvalue weighted by molar-refractivity contribution is -0.434. The van der Waals surface area contributed by atoms with Crippen LogP contribution in [-0.4, -0.2) is 51.2 Å². The maximum absolute atomic E-state index is 12.6. The second kappa shape index (κ2) is 9.23. The maximum atomic E-state index is 12.6. The lowest BCUT2D eigenvalue weighted by atomic mass is 10.1. The fraction of sp³-hybridized carbons (Fsp3) is 0.300. The summed E-state index contributed by atoms with van der Waals surface area (Å²) in [5.74, 6) is 0.265. The summed E-state index contributed by atoms with van der Waals surface area (Å²) in [5.41, 5.74) is 1.79. The Morgan fingerprint density at radius 2 is 1.80 bits per heavy atom. The van der Waals surface area contributed by atoms with Gasteiger partial charge >= 0.3 is 0 Å². The van der Waals surface area contributed by atoms with E-state index in [4.69, 9.17) is 12.2 Å². The smallest absolute Gasteiger partial charge is 0.282 e. The van der Waals surface area contributed by atoms with Gasteiger partial charge in [-0.05, 0) is 49.8 Å². The summed E-state index contributed by atoms with van der Waals surface area (Å²) in [6.07, 6.45) is 0.486. The standard InChI is InChI=1S/C20H23N3O4S3/c1-15-7-9-16(10-8-15)19(21-14-30(26,27)18-5-3-2-4-6-18)23-20(28)22-17-11-12-29(24,25)13-17/h2-10,17H,11-14H2,1H3,(H2,21,22,23,28)/p+1/t17-/m0/s1. The Balaban J connectivity index is 1.79. The molecular weight excluding hydrogens is 442 g/mol. The minimum absolute atomic E-state index is 0.0322. The summed E-state index contributed by atoms with van der Waals surface area (Å²) in [7, 11) is -6.60. The lowest BCUT2D eigenvalue weighted by Gasteiger charge is -2.12. The summed E-state index contributed by atoms with van der Waals surface area (Å²) in [6, 6.07) is 15.4. The lowest BCUT2D eigenvalue weighted by Crippen LogP contribution is -2.78. The first-order valence-corrected chi connectivity index (χ1v) is 13.3. The summed E-state index contributed by atoms with van der Waals surface area (Å²) in [4.78, 5) is 3.16. The second-order valence-corrected chi connectivity index (χ2v) is 11.8. The van der Waals surface area contributed by atoms with Gasteiger partial charge in [0, 0.05) is 6.04 Å². The number of thiocarbonyl (C=S) groups is 1. The topological polar surface area (TPSA) is 106 Å². The van der Waals surface area contributed by atoms with Crippen molar-refractivity contribution >= 4 is 42.8 Å². The molecule has 1 saturated heterocycles. The van der Waals surface area contributed by atoms with Crippen LogP contribution in [-0.2, 0) is 19.7 Å². The molecule has 1 aliphatic heterocycles. The molecule has 3 rings (SSSR count). The Labute approximate surface area is 182 Å². The number of amidine groups is 1. The molecule has 0 bridgehead atoms. The van der Waals surface area contributed by atoms with Crippen LogP contribution in [0.25, 0.3) is 0 Å². The third kappa shape index (κ3) is 6.10. The molecule has 2 aromatic rings. The Bertz CT molecular complexity index is 1140. The van der Waals surface area contributed by atoms with Gasteiger partial charge in [-0.1, -0.05) is 35.9 Å². The highest BCUT2D eigenvalue weighted by Crippen LogP contribution is 2.11. The van der Waals surface area contributed by atoms with Crippen molar-refractivity contribution in [1.29, 1.82) is 0 Å². The Hall–Kier alpha value is -2.30. The van der Waals surface area contributed by atoms with Crippen LogP contribution in [0.4, 0.5) is 0 Å². The van der Waals surface area contributed by atoms with Gasteiger partial charge in [0.05, 0.1) is 22.0 Å². The highest BCUT2D eigenvalue weighted by molar-refractivity contribution is 7.91. The van der Waals surface area contributed by atoms with E-state index in [-0.39, 0.29) is 33.4 Å². The average Bonchev–Trinajstić information content (AvgIpc) is 3.04. The maximum Gasteiger partial charge on any atom is 0.282 e. The highest BCUT2D eigenvalue weighted by atomic mass is 32.2. The Kier molecular flexibility index (Phi) is 6.89. The van der Waals surface area contributed by atoms with E-state index in [0.29, 0.717) is 12.3 Å². The zero-order valence-electron chi connectivity index (χ0n) is 16.5. The molecule has 1 heterocycles. The molecule has 0 unspecified atom stereocenters. The SMILES string of the molecule is Cc1ccc(C(NC(=S)N[C@H]2CCS(=O)(=O)C2)=[NH+]CS(=O)(=O)c2ccccc2)cc1. The van der Waals surface area contributed by atoms with Crippen LogP contribution in [0, 0.1) is 6.92 Å². The van der Waals surface area contributed by atoms with Gasteiger partial charge in [0.2, 0.25) is 9.84 Å². The van der Waals surface area contributed by atoms with Crippen molar-refractivity contribution in [1.82, 2.24) is 10.6 Å². The zero-order valence-corrected chi connectivity index (χ0v) is 18.9. The van der Waals surface area contributed by atoms with Gasteiger partial charge < -0.3 is 5.32 Å². The molecule has 0 radical (unpaired) electrons. The van der Waals surface area contributed by atoms with Crippen LogP contribution in [0.5, 0.6) is 0 Å². The van der Waals surface area contributed by atoms with E-state index in [0.717, 1.165) is 11.1 Å². The quantitative estimate of drug-likeness (QED) is 0.321. The predicted molar refractivity (Wildman–Crippen MR) is 121 cm³/mol. The fourth-order valence-corrected chi connectivity index (χ4v) is 6.08. The molecule has 160 valence electrons. The molecule has 1 fully saturated rings. The molecule has 0 aliphatic carbocycles. The van der Waals surface area contributed by atoms with E-state index in [2.05, 4.69) is 15.6 Å². The van der Waals surface area contributed by atoms with Crippen molar-refractivity contribution in [2.45, 2.75) is 24.3 Å². The van der Waals surface area contributed by atoms with Crippen molar-refractivity contribution in [3.63, 3.8) is 0 Å². The number of nitrogens with one attached hydrogen (secondary N) is 3. The van der Waals surface area contributed by atoms with E-state index in [9.17, 15) is 16.8 Å². The molecule has 3 N–H and O–H groups in total. The normalized spacial score (nSPS) is 18.7. The summed E-state index contributed by atoms with van der Waals surface area (Å²) in [5, 5.41) is 6.24. The highest BCUT2D eigenvalue weighted by Gasteiger charge is 2.29. The van der Waals surface area contributed by atoms with Crippen LogP contribution in [0.2, 0.25) is 0 Å². The average molecular weight is 467 g/mol. The van der Waals surface area contributed by atoms with Crippen molar-refractivity contribution < 1.29 is 21.8 Å². The van der Waals surface area contributed by atoms with E-state index in [1.165, 1.54) is 0 Å². The van der Waals surface area contributed by atoms with E-state index in [1.54, 1.807) is 30.3 Å². The number of sulfone groups is 2. The number of rotatable bonds is 5. The monoisotopic (exact) mass is 466 g/mol. The zero-order chi connectivity index (χ0) is 21.8. The third-order valence-electron chi connectivity index (χ3n) is 4.69. The summed E-state index contributed by atoms with van der Waals surface area (Å²) >= 11 is 5.34. The predicted octanol–water partition coefficient (Wildman–Crippen LogP) is -0.0952. The fourth-order valence-electron chi connectivity index (χ4n) is 3.06. The van der Waals surface area contributed by atoms with Crippen molar-refractivity contribution in [2.24, 2.45) is 0 Å². The molecular formula is C20H24N3O4S3+. The first kappa shape index (κ1) is 22.4. The molecule has 0 amide bonds.